The molecular weight excluding hydrogens is 473 g/mol. The molecule has 0 aliphatic heterocycles. The van der Waals surface area contributed by atoms with Gasteiger partial charge in [0.1, 0.15) is 0 Å². The number of ether oxygens (including phenoxy) is 2. The van der Waals surface area contributed by atoms with Crippen molar-refractivity contribution in [1.82, 2.24) is 10.6 Å². The van der Waals surface area contributed by atoms with E-state index in [1.54, 1.807) is 14.2 Å². The first-order valence-corrected chi connectivity index (χ1v) is 9.67. The Hall–Kier alpha value is -1.61. The molecule has 0 aliphatic carbocycles. The molecule has 0 saturated carbocycles. The fraction of sp³-hybridized carbons (Fsp3) is 0.350. The number of methoxy groups -OCH3 is 2. The van der Waals surface area contributed by atoms with Gasteiger partial charge in [-0.25, -0.2) is 4.99 Å². The van der Waals surface area contributed by atoms with Gasteiger partial charge in [-0.1, -0.05) is 30.3 Å². The minimum Gasteiger partial charge on any atom is -0.493 e. The molecule has 2 N–H and O–H groups in total. The first-order chi connectivity index (χ1) is 12.8. The molecule has 7 heteroatoms. The van der Waals surface area contributed by atoms with Crippen molar-refractivity contribution in [2.75, 3.05) is 33.1 Å². The molecule has 2 aromatic rings. The van der Waals surface area contributed by atoms with Gasteiger partial charge in [0.25, 0.3) is 0 Å². The van der Waals surface area contributed by atoms with Crippen LogP contribution in [0.5, 0.6) is 11.5 Å². The van der Waals surface area contributed by atoms with Crippen LogP contribution in [0.3, 0.4) is 0 Å². The van der Waals surface area contributed by atoms with E-state index in [9.17, 15) is 0 Å². The molecule has 5 nitrogen and oxygen atoms in total. The Labute approximate surface area is 183 Å². The fourth-order valence-corrected chi connectivity index (χ4v) is 3.23. The van der Waals surface area contributed by atoms with E-state index in [4.69, 9.17) is 9.47 Å². The number of halogens is 1. The van der Waals surface area contributed by atoms with Gasteiger partial charge in [-0.05, 0) is 25.1 Å². The topological polar surface area (TPSA) is 54.9 Å². The Balaban J connectivity index is 0.00000364. The fourth-order valence-electron chi connectivity index (χ4n) is 2.44. The van der Waals surface area contributed by atoms with Crippen LogP contribution in [0.4, 0.5) is 0 Å². The largest absolute Gasteiger partial charge is 0.493 e. The standard InChI is InChI=1S/C20H27N3O2S.HI/c1-4-21-20(22-13-14-26-17-10-6-5-7-11-17)23-15-16-9-8-12-18(24-2)19(16)25-3;/h5-12H,4,13-15H2,1-3H3,(H2,21,22,23);1H. The summed E-state index contributed by atoms with van der Waals surface area (Å²) in [6, 6.07) is 16.2. The maximum atomic E-state index is 5.47. The molecule has 0 aromatic heterocycles. The first-order valence-electron chi connectivity index (χ1n) is 8.68. The summed E-state index contributed by atoms with van der Waals surface area (Å²) in [6.07, 6.45) is 0. The smallest absolute Gasteiger partial charge is 0.191 e. The van der Waals surface area contributed by atoms with Crippen LogP contribution in [0.1, 0.15) is 12.5 Å². The van der Waals surface area contributed by atoms with Gasteiger partial charge in [0, 0.05) is 29.3 Å². The van der Waals surface area contributed by atoms with E-state index in [-0.39, 0.29) is 24.0 Å². The van der Waals surface area contributed by atoms with Crippen molar-refractivity contribution in [2.45, 2.75) is 18.4 Å². The molecule has 0 spiro atoms. The normalized spacial score (nSPS) is 10.7. The highest BCUT2D eigenvalue weighted by molar-refractivity contribution is 14.0. The molecule has 0 fully saturated rings. The second-order valence-electron chi connectivity index (χ2n) is 5.44. The first kappa shape index (κ1) is 23.4. The van der Waals surface area contributed by atoms with E-state index in [1.807, 2.05) is 36.0 Å². The molecule has 27 heavy (non-hydrogen) atoms. The number of para-hydroxylation sites is 1. The summed E-state index contributed by atoms with van der Waals surface area (Å²) in [7, 11) is 3.29. The zero-order valence-corrected chi connectivity index (χ0v) is 19.2. The molecule has 0 aliphatic rings. The van der Waals surface area contributed by atoms with Crippen LogP contribution in [0.15, 0.2) is 58.4 Å². The van der Waals surface area contributed by atoms with Crippen LogP contribution < -0.4 is 20.1 Å². The molecule has 148 valence electrons. The number of benzene rings is 2. The Morgan fingerprint density at radius 2 is 1.78 bits per heavy atom. The molecule has 0 heterocycles. The lowest BCUT2D eigenvalue weighted by atomic mass is 10.2. The average Bonchev–Trinajstić information content (AvgIpc) is 2.69. The SMILES string of the molecule is CCNC(=NCc1cccc(OC)c1OC)NCCSc1ccccc1.I. The van der Waals surface area contributed by atoms with Crippen LogP contribution in [0, 0.1) is 0 Å². The second-order valence-corrected chi connectivity index (χ2v) is 6.60. The van der Waals surface area contributed by atoms with Crippen molar-refractivity contribution in [3.8, 4) is 11.5 Å². The average molecular weight is 501 g/mol. The van der Waals surface area contributed by atoms with Crippen molar-refractivity contribution >= 4 is 41.7 Å². The molecule has 0 saturated heterocycles. The summed E-state index contributed by atoms with van der Waals surface area (Å²) in [6.45, 7) is 4.22. The molecule has 2 rings (SSSR count). The minimum atomic E-state index is 0. The van der Waals surface area contributed by atoms with Crippen molar-refractivity contribution in [2.24, 2.45) is 4.99 Å². The molecule has 0 radical (unpaired) electrons. The molecule has 0 amide bonds. The zero-order chi connectivity index (χ0) is 18.6. The van der Waals surface area contributed by atoms with E-state index < -0.39 is 0 Å². The van der Waals surface area contributed by atoms with Crippen LogP contribution >= 0.6 is 35.7 Å². The molecule has 2 aromatic carbocycles. The predicted octanol–water partition coefficient (Wildman–Crippen LogP) is 4.17. The highest BCUT2D eigenvalue weighted by atomic mass is 127. The van der Waals surface area contributed by atoms with E-state index in [0.29, 0.717) is 6.54 Å². The van der Waals surface area contributed by atoms with Gasteiger partial charge in [0.05, 0.1) is 20.8 Å². The molecule has 0 bridgehead atoms. The Kier molecular flexibility index (Phi) is 11.8. The number of hydrogen-bond donors (Lipinski definition) is 2. The van der Waals surface area contributed by atoms with Crippen LogP contribution in [-0.2, 0) is 6.54 Å². The third-order valence-corrected chi connectivity index (χ3v) is 4.66. The molecular formula is C20H28IN3O2S. The third kappa shape index (κ3) is 7.88. The number of guanidine groups is 1. The van der Waals surface area contributed by atoms with Gasteiger partial charge in [-0.2, -0.15) is 0 Å². The van der Waals surface area contributed by atoms with Gasteiger partial charge in [0.2, 0.25) is 0 Å². The maximum Gasteiger partial charge on any atom is 0.191 e. The van der Waals surface area contributed by atoms with Crippen molar-refractivity contribution in [3.63, 3.8) is 0 Å². The van der Waals surface area contributed by atoms with Gasteiger partial charge in [-0.3, -0.25) is 0 Å². The van der Waals surface area contributed by atoms with Gasteiger partial charge < -0.3 is 20.1 Å². The van der Waals surface area contributed by atoms with Crippen molar-refractivity contribution in [3.05, 3.63) is 54.1 Å². The molecule has 0 atom stereocenters. The summed E-state index contributed by atoms with van der Waals surface area (Å²) in [4.78, 5) is 5.94. The van der Waals surface area contributed by atoms with E-state index in [2.05, 4.69) is 46.8 Å². The zero-order valence-electron chi connectivity index (χ0n) is 16.0. The van der Waals surface area contributed by atoms with Gasteiger partial charge >= 0.3 is 0 Å². The highest BCUT2D eigenvalue weighted by Gasteiger charge is 2.09. The maximum absolute atomic E-state index is 5.47. The van der Waals surface area contributed by atoms with Crippen molar-refractivity contribution in [1.29, 1.82) is 0 Å². The number of hydrogen-bond acceptors (Lipinski definition) is 4. The number of nitrogens with zero attached hydrogens (tertiary/aromatic N) is 1. The van der Waals surface area contributed by atoms with Gasteiger partial charge in [-0.15, -0.1) is 35.7 Å². The van der Waals surface area contributed by atoms with E-state index in [1.165, 1.54) is 4.90 Å². The lowest BCUT2D eigenvalue weighted by molar-refractivity contribution is 0.352. The summed E-state index contributed by atoms with van der Waals surface area (Å²) in [5, 5.41) is 6.65. The quantitative estimate of drug-likeness (QED) is 0.178. The predicted molar refractivity (Wildman–Crippen MR) is 125 cm³/mol. The lowest BCUT2D eigenvalue weighted by Gasteiger charge is -2.13. The van der Waals surface area contributed by atoms with Gasteiger partial charge in [0.15, 0.2) is 17.5 Å². The Bertz CT molecular complexity index is 699. The lowest BCUT2D eigenvalue weighted by Crippen LogP contribution is -2.38. The second kappa shape index (κ2) is 13.5. The summed E-state index contributed by atoms with van der Waals surface area (Å²) >= 11 is 1.82. The number of nitrogens with one attached hydrogen (secondary N) is 2. The van der Waals surface area contributed by atoms with Crippen LogP contribution in [0.25, 0.3) is 0 Å². The monoisotopic (exact) mass is 501 g/mol. The minimum absolute atomic E-state index is 0. The molecule has 0 unspecified atom stereocenters. The highest BCUT2D eigenvalue weighted by Crippen LogP contribution is 2.31. The number of thioether (sulfide) groups is 1. The van der Waals surface area contributed by atoms with Crippen LogP contribution in [-0.4, -0.2) is 39.0 Å². The summed E-state index contributed by atoms with van der Waals surface area (Å²) in [5.74, 6) is 3.22. The number of rotatable bonds is 9. The van der Waals surface area contributed by atoms with Crippen molar-refractivity contribution < 1.29 is 9.47 Å². The summed E-state index contributed by atoms with van der Waals surface area (Å²) in [5.41, 5.74) is 0.989. The van der Waals surface area contributed by atoms with E-state index >= 15 is 0 Å². The third-order valence-electron chi connectivity index (χ3n) is 3.64. The van der Waals surface area contributed by atoms with Crippen LogP contribution in [0.2, 0.25) is 0 Å². The summed E-state index contributed by atoms with van der Waals surface area (Å²) < 4.78 is 10.8. The number of aliphatic imine (C=N–C) groups is 1. The Morgan fingerprint density at radius 3 is 2.44 bits per heavy atom. The van der Waals surface area contributed by atoms with E-state index in [0.717, 1.165) is 41.9 Å². The Morgan fingerprint density at radius 1 is 1.00 bits per heavy atom.